The van der Waals surface area contributed by atoms with E-state index in [0.29, 0.717) is 28.9 Å². The Bertz CT molecular complexity index is 1120. The summed E-state index contributed by atoms with van der Waals surface area (Å²) in [6, 6.07) is 20.6. The van der Waals surface area contributed by atoms with E-state index < -0.39 is 10.0 Å². The zero-order chi connectivity index (χ0) is 21.0. The first-order valence-electron chi connectivity index (χ1n) is 9.30. The Kier molecular flexibility index (Phi) is 6.03. The molecule has 0 aromatic heterocycles. The van der Waals surface area contributed by atoms with Gasteiger partial charge in [-0.25, -0.2) is 8.42 Å². The number of sulfonamides is 1. The van der Waals surface area contributed by atoms with E-state index in [9.17, 15) is 13.2 Å². The molecule has 0 bridgehead atoms. The van der Waals surface area contributed by atoms with Crippen LogP contribution in [0.5, 0.6) is 0 Å². The fourth-order valence-corrected chi connectivity index (χ4v) is 4.99. The van der Waals surface area contributed by atoms with E-state index in [-0.39, 0.29) is 10.8 Å². The fourth-order valence-electron chi connectivity index (χ4n) is 3.44. The maximum Gasteiger partial charge on any atom is 0.262 e. The molecule has 0 unspecified atom stereocenters. The number of aryl methyl sites for hydroxylation is 2. The molecule has 2 N–H and O–H groups in total. The minimum atomic E-state index is -3.80. The molecule has 29 heavy (non-hydrogen) atoms. The monoisotopic (exact) mass is 408 g/mol. The van der Waals surface area contributed by atoms with E-state index in [1.54, 1.807) is 32.0 Å². The first-order chi connectivity index (χ1) is 13.8. The van der Waals surface area contributed by atoms with E-state index in [0.717, 1.165) is 11.1 Å². The summed E-state index contributed by atoms with van der Waals surface area (Å²) in [5.74, 6) is -0.202. The molecule has 1 amide bonds. The minimum absolute atomic E-state index is 0.202. The zero-order valence-corrected chi connectivity index (χ0v) is 17.5. The van der Waals surface area contributed by atoms with Crippen molar-refractivity contribution in [2.45, 2.75) is 32.1 Å². The molecule has 0 radical (unpaired) electrons. The van der Waals surface area contributed by atoms with Crippen LogP contribution in [0.1, 0.15) is 29.2 Å². The number of benzene rings is 3. The van der Waals surface area contributed by atoms with Gasteiger partial charge in [-0.1, -0.05) is 48.5 Å². The van der Waals surface area contributed by atoms with E-state index in [1.807, 2.05) is 48.5 Å². The third-order valence-corrected chi connectivity index (χ3v) is 6.22. The van der Waals surface area contributed by atoms with Crippen molar-refractivity contribution >= 4 is 27.3 Å². The molecule has 5 nitrogen and oxygen atoms in total. The van der Waals surface area contributed by atoms with E-state index in [4.69, 9.17) is 0 Å². The van der Waals surface area contributed by atoms with Crippen LogP contribution in [0.25, 0.3) is 0 Å². The highest BCUT2D eigenvalue weighted by Gasteiger charge is 2.21. The summed E-state index contributed by atoms with van der Waals surface area (Å²) in [5.41, 5.74) is 4.28. The van der Waals surface area contributed by atoms with Gasteiger partial charge >= 0.3 is 0 Å². The molecule has 3 aromatic carbocycles. The van der Waals surface area contributed by atoms with Crippen LogP contribution < -0.4 is 10.0 Å². The van der Waals surface area contributed by atoms with Gasteiger partial charge in [0.15, 0.2) is 0 Å². The molecule has 0 fully saturated rings. The SMILES string of the molecule is CC(=O)Nc1cc(C)c(S(=O)(=O)Nc2ccccc2Cc2ccccc2)c(C)c1. The summed E-state index contributed by atoms with van der Waals surface area (Å²) in [4.78, 5) is 11.5. The summed E-state index contributed by atoms with van der Waals surface area (Å²) < 4.78 is 29.1. The Morgan fingerprint density at radius 2 is 1.48 bits per heavy atom. The number of rotatable bonds is 6. The highest BCUT2D eigenvalue weighted by Crippen LogP contribution is 2.28. The Morgan fingerprint density at radius 3 is 2.10 bits per heavy atom. The lowest BCUT2D eigenvalue weighted by molar-refractivity contribution is -0.114. The maximum absolute atomic E-state index is 13.2. The van der Waals surface area contributed by atoms with Crippen molar-refractivity contribution in [3.8, 4) is 0 Å². The molecule has 3 aromatic rings. The number of para-hydroxylation sites is 1. The smallest absolute Gasteiger partial charge is 0.262 e. The summed E-state index contributed by atoms with van der Waals surface area (Å²) >= 11 is 0. The molecule has 0 aliphatic rings. The van der Waals surface area contributed by atoms with E-state index in [1.165, 1.54) is 6.92 Å². The summed E-state index contributed by atoms with van der Waals surface area (Å²) in [6.07, 6.45) is 0.624. The number of anilines is 2. The second-order valence-electron chi connectivity index (χ2n) is 7.05. The molecular formula is C23H24N2O3S. The van der Waals surface area contributed by atoms with Crippen LogP contribution in [0.15, 0.2) is 71.6 Å². The molecule has 0 saturated carbocycles. The largest absolute Gasteiger partial charge is 0.326 e. The first kappa shape index (κ1) is 20.6. The lowest BCUT2D eigenvalue weighted by Crippen LogP contribution is -2.17. The van der Waals surface area contributed by atoms with Crippen molar-refractivity contribution in [3.63, 3.8) is 0 Å². The van der Waals surface area contributed by atoms with Gasteiger partial charge in [-0.05, 0) is 60.7 Å². The Labute approximate surface area is 171 Å². The highest BCUT2D eigenvalue weighted by atomic mass is 32.2. The van der Waals surface area contributed by atoms with Crippen LogP contribution in [-0.2, 0) is 21.2 Å². The topological polar surface area (TPSA) is 75.3 Å². The van der Waals surface area contributed by atoms with Gasteiger partial charge in [0.25, 0.3) is 10.0 Å². The molecule has 0 heterocycles. The Hall–Kier alpha value is -3.12. The van der Waals surface area contributed by atoms with Crippen molar-refractivity contribution in [2.24, 2.45) is 0 Å². The van der Waals surface area contributed by atoms with Gasteiger partial charge in [-0.3, -0.25) is 9.52 Å². The van der Waals surface area contributed by atoms with Crippen LogP contribution in [0, 0.1) is 13.8 Å². The molecule has 0 aliphatic carbocycles. The van der Waals surface area contributed by atoms with Gasteiger partial charge in [0, 0.05) is 12.6 Å². The van der Waals surface area contributed by atoms with E-state index >= 15 is 0 Å². The molecule has 3 rings (SSSR count). The lowest BCUT2D eigenvalue weighted by atomic mass is 10.0. The van der Waals surface area contributed by atoms with Crippen molar-refractivity contribution < 1.29 is 13.2 Å². The zero-order valence-electron chi connectivity index (χ0n) is 16.7. The van der Waals surface area contributed by atoms with Gasteiger partial charge in [0.1, 0.15) is 0 Å². The number of carbonyl (C=O) groups excluding carboxylic acids is 1. The maximum atomic E-state index is 13.2. The number of nitrogens with one attached hydrogen (secondary N) is 2. The second kappa shape index (κ2) is 8.49. The summed E-state index contributed by atoms with van der Waals surface area (Å²) in [7, 11) is -3.80. The van der Waals surface area contributed by atoms with Crippen molar-refractivity contribution in [2.75, 3.05) is 10.0 Å². The quantitative estimate of drug-likeness (QED) is 0.623. The first-order valence-corrected chi connectivity index (χ1v) is 10.8. The molecule has 6 heteroatoms. The van der Waals surface area contributed by atoms with Crippen molar-refractivity contribution in [1.29, 1.82) is 0 Å². The standard InChI is InChI=1S/C23H24N2O3S/c1-16-13-21(24-18(3)26)14-17(2)23(16)29(27,28)25-22-12-8-7-11-20(22)15-19-9-5-4-6-10-19/h4-14,25H,15H2,1-3H3,(H,24,26). The van der Waals surface area contributed by atoms with Crippen molar-refractivity contribution in [1.82, 2.24) is 0 Å². The number of hydrogen-bond acceptors (Lipinski definition) is 3. The van der Waals surface area contributed by atoms with E-state index in [2.05, 4.69) is 10.0 Å². The molecule has 0 aliphatic heterocycles. The Morgan fingerprint density at radius 1 is 0.897 bits per heavy atom. The van der Waals surface area contributed by atoms with Crippen molar-refractivity contribution in [3.05, 3.63) is 89.0 Å². The van der Waals surface area contributed by atoms with Crippen LogP contribution in [0.2, 0.25) is 0 Å². The lowest BCUT2D eigenvalue weighted by Gasteiger charge is -2.17. The number of amides is 1. The van der Waals surface area contributed by atoms with Gasteiger partial charge in [0.05, 0.1) is 10.6 Å². The van der Waals surface area contributed by atoms with Crippen LogP contribution in [0.4, 0.5) is 11.4 Å². The molecule has 150 valence electrons. The van der Waals surface area contributed by atoms with Crippen LogP contribution in [-0.4, -0.2) is 14.3 Å². The predicted octanol–water partition coefficient (Wildman–Crippen LogP) is 4.65. The van der Waals surface area contributed by atoms with Crippen LogP contribution in [0.3, 0.4) is 0 Å². The highest BCUT2D eigenvalue weighted by molar-refractivity contribution is 7.92. The molecular weight excluding hydrogens is 384 g/mol. The fraction of sp³-hybridized carbons (Fsp3) is 0.174. The molecule has 0 spiro atoms. The Balaban J connectivity index is 1.94. The average Bonchev–Trinajstić information content (AvgIpc) is 2.62. The number of hydrogen-bond donors (Lipinski definition) is 2. The molecule has 0 atom stereocenters. The summed E-state index contributed by atoms with van der Waals surface area (Å²) in [5, 5.41) is 2.70. The number of carbonyl (C=O) groups is 1. The third-order valence-electron chi connectivity index (χ3n) is 4.55. The normalized spacial score (nSPS) is 11.1. The second-order valence-corrected chi connectivity index (χ2v) is 8.66. The summed E-state index contributed by atoms with van der Waals surface area (Å²) in [6.45, 7) is 4.87. The predicted molar refractivity (Wildman–Crippen MR) is 117 cm³/mol. The van der Waals surface area contributed by atoms with Gasteiger partial charge < -0.3 is 5.32 Å². The molecule has 0 saturated heterocycles. The van der Waals surface area contributed by atoms with Gasteiger partial charge in [-0.2, -0.15) is 0 Å². The van der Waals surface area contributed by atoms with Gasteiger partial charge in [-0.15, -0.1) is 0 Å². The van der Waals surface area contributed by atoms with Crippen LogP contribution >= 0.6 is 0 Å². The third kappa shape index (κ3) is 5.03. The minimum Gasteiger partial charge on any atom is -0.326 e. The van der Waals surface area contributed by atoms with Gasteiger partial charge in [0.2, 0.25) is 5.91 Å². The average molecular weight is 409 g/mol.